The Hall–Kier alpha value is -0.603. The Balaban J connectivity index is 2.64. The van der Waals surface area contributed by atoms with E-state index in [9.17, 15) is 0 Å². The van der Waals surface area contributed by atoms with Gasteiger partial charge in [-0.15, -0.1) is 0 Å². The Bertz CT molecular complexity index is 256. The molecule has 0 saturated heterocycles. The van der Waals surface area contributed by atoms with Crippen molar-refractivity contribution in [2.75, 3.05) is 19.3 Å². The van der Waals surface area contributed by atoms with E-state index in [1.54, 1.807) is 5.19 Å². The fourth-order valence-corrected chi connectivity index (χ4v) is 4.84. The van der Waals surface area contributed by atoms with Crippen molar-refractivity contribution in [1.82, 2.24) is 4.90 Å². The van der Waals surface area contributed by atoms with Crippen LogP contribution in [0.5, 0.6) is 0 Å². The molecule has 0 aliphatic carbocycles. The molecule has 0 aromatic heterocycles. The Morgan fingerprint density at radius 3 is 2.07 bits per heavy atom. The van der Waals surface area contributed by atoms with Crippen LogP contribution in [0.25, 0.3) is 0 Å². The summed E-state index contributed by atoms with van der Waals surface area (Å²) < 4.78 is 0. The number of nitrogens with zero attached hydrogens (tertiary/aromatic N) is 1. The number of hydrogen-bond donors (Lipinski definition) is 0. The molecule has 1 aromatic rings. The third kappa shape index (κ3) is 3.80. The van der Waals surface area contributed by atoms with Gasteiger partial charge in [-0.25, -0.2) is 0 Å². The van der Waals surface area contributed by atoms with Crippen molar-refractivity contribution in [2.24, 2.45) is 0 Å². The maximum absolute atomic E-state index is 2.56. The van der Waals surface area contributed by atoms with Gasteiger partial charge in [0, 0.05) is 0 Å². The summed E-state index contributed by atoms with van der Waals surface area (Å²) >= 11 is 0. The minimum Gasteiger partial charge on any atom is -0.307 e. The lowest BCUT2D eigenvalue weighted by molar-refractivity contribution is 0.351. The lowest BCUT2D eigenvalue weighted by atomic mass is 10.4. The van der Waals surface area contributed by atoms with Crippen molar-refractivity contribution in [2.45, 2.75) is 26.8 Å². The van der Waals surface area contributed by atoms with Crippen molar-refractivity contribution < 1.29 is 0 Å². The first-order valence-corrected chi connectivity index (χ1v) is 8.30. The SMILES string of the molecule is CCN(CC)C[SiH](CC)c1ccccc1. The zero-order chi connectivity index (χ0) is 11.1. The van der Waals surface area contributed by atoms with Crippen LogP contribution in [-0.2, 0) is 0 Å². The highest BCUT2D eigenvalue weighted by Crippen LogP contribution is 1.98. The van der Waals surface area contributed by atoms with E-state index in [0.29, 0.717) is 0 Å². The van der Waals surface area contributed by atoms with E-state index < -0.39 is 8.80 Å². The molecule has 15 heavy (non-hydrogen) atoms. The van der Waals surface area contributed by atoms with Gasteiger partial charge in [0.25, 0.3) is 0 Å². The summed E-state index contributed by atoms with van der Waals surface area (Å²) in [4.78, 5) is 2.56. The molecule has 0 radical (unpaired) electrons. The Morgan fingerprint density at radius 1 is 1.00 bits per heavy atom. The third-order valence-electron chi connectivity index (χ3n) is 3.14. The fraction of sp³-hybridized carbons (Fsp3) is 0.538. The molecule has 0 fully saturated rings. The van der Waals surface area contributed by atoms with Crippen molar-refractivity contribution >= 4 is 14.0 Å². The van der Waals surface area contributed by atoms with Gasteiger partial charge in [0.2, 0.25) is 0 Å². The van der Waals surface area contributed by atoms with Gasteiger partial charge in [0.05, 0.1) is 8.80 Å². The quantitative estimate of drug-likeness (QED) is 0.664. The molecule has 0 N–H and O–H groups in total. The molecule has 84 valence electrons. The second kappa shape index (κ2) is 6.80. The summed E-state index contributed by atoms with van der Waals surface area (Å²) in [7, 11) is -0.738. The summed E-state index contributed by atoms with van der Waals surface area (Å²) in [5.41, 5.74) is 0. The van der Waals surface area contributed by atoms with Gasteiger partial charge < -0.3 is 4.90 Å². The first-order chi connectivity index (χ1) is 7.31. The summed E-state index contributed by atoms with van der Waals surface area (Å²) in [6.07, 6.45) is 1.33. The molecule has 0 saturated carbocycles. The zero-order valence-electron chi connectivity index (χ0n) is 10.2. The van der Waals surface area contributed by atoms with Crippen LogP contribution < -0.4 is 5.19 Å². The molecule has 0 aliphatic rings. The second-order valence-corrected chi connectivity index (χ2v) is 7.24. The lowest BCUT2D eigenvalue weighted by Crippen LogP contribution is -2.42. The van der Waals surface area contributed by atoms with Crippen LogP contribution in [0.15, 0.2) is 30.3 Å². The van der Waals surface area contributed by atoms with Crippen LogP contribution in [0.4, 0.5) is 0 Å². The topological polar surface area (TPSA) is 3.24 Å². The van der Waals surface area contributed by atoms with Crippen molar-refractivity contribution in [1.29, 1.82) is 0 Å². The van der Waals surface area contributed by atoms with E-state index >= 15 is 0 Å². The number of hydrogen-bond acceptors (Lipinski definition) is 1. The maximum atomic E-state index is 2.56. The van der Waals surface area contributed by atoms with Gasteiger partial charge in [-0.1, -0.05) is 62.3 Å². The minimum atomic E-state index is -0.738. The van der Waals surface area contributed by atoms with Crippen LogP contribution in [0.1, 0.15) is 20.8 Å². The molecule has 1 rings (SSSR count). The number of rotatable bonds is 6. The molecule has 0 spiro atoms. The van der Waals surface area contributed by atoms with Gasteiger partial charge in [-0.05, 0) is 19.3 Å². The summed E-state index contributed by atoms with van der Waals surface area (Å²) in [5, 5.41) is 1.62. The largest absolute Gasteiger partial charge is 0.307 e. The molecule has 0 bridgehead atoms. The normalized spacial score (nSPS) is 13.1. The Morgan fingerprint density at radius 2 is 1.60 bits per heavy atom. The monoisotopic (exact) mass is 221 g/mol. The first kappa shape index (κ1) is 12.5. The summed E-state index contributed by atoms with van der Waals surface area (Å²) in [6, 6.07) is 12.4. The molecule has 0 aliphatic heterocycles. The smallest absolute Gasteiger partial charge is 0.0854 e. The predicted octanol–water partition coefficient (Wildman–Crippen LogP) is 2.02. The highest BCUT2D eigenvalue weighted by molar-refractivity contribution is 6.73. The molecule has 0 heterocycles. The standard InChI is InChI=1S/C13H23NSi/c1-4-14(5-2)12-15(6-3)13-10-8-7-9-11-13/h7-11,15H,4-6,12H2,1-3H3. The fourth-order valence-electron chi connectivity index (χ4n) is 1.99. The molecule has 1 aromatic carbocycles. The molecule has 1 atom stereocenters. The lowest BCUT2D eigenvalue weighted by Gasteiger charge is -2.23. The van der Waals surface area contributed by atoms with Crippen molar-refractivity contribution in [3.05, 3.63) is 30.3 Å². The van der Waals surface area contributed by atoms with Gasteiger partial charge >= 0.3 is 0 Å². The Kier molecular flexibility index (Phi) is 5.65. The van der Waals surface area contributed by atoms with Crippen molar-refractivity contribution in [3.8, 4) is 0 Å². The maximum Gasteiger partial charge on any atom is 0.0854 e. The average molecular weight is 221 g/mol. The minimum absolute atomic E-state index is 0.738. The first-order valence-electron chi connectivity index (χ1n) is 6.09. The van der Waals surface area contributed by atoms with Gasteiger partial charge in [0.15, 0.2) is 0 Å². The highest BCUT2D eigenvalue weighted by Gasteiger charge is 2.13. The van der Waals surface area contributed by atoms with Crippen LogP contribution in [0.2, 0.25) is 6.04 Å². The molecule has 0 amide bonds. The summed E-state index contributed by atoms with van der Waals surface area (Å²) in [6.45, 7) is 9.23. The molecule has 1 nitrogen and oxygen atoms in total. The van der Waals surface area contributed by atoms with Crippen LogP contribution in [0.3, 0.4) is 0 Å². The van der Waals surface area contributed by atoms with E-state index in [1.807, 2.05) is 0 Å². The average Bonchev–Trinajstić information content (AvgIpc) is 2.32. The van der Waals surface area contributed by atoms with E-state index in [0.717, 1.165) is 0 Å². The second-order valence-electron chi connectivity index (χ2n) is 4.00. The third-order valence-corrected chi connectivity index (χ3v) is 6.41. The highest BCUT2D eigenvalue weighted by atomic mass is 28.3. The van der Waals surface area contributed by atoms with Crippen LogP contribution in [-0.4, -0.2) is 33.0 Å². The van der Waals surface area contributed by atoms with Gasteiger partial charge in [-0.3, -0.25) is 0 Å². The van der Waals surface area contributed by atoms with Crippen molar-refractivity contribution in [3.63, 3.8) is 0 Å². The zero-order valence-corrected chi connectivity index (χ0v) is 11.4. The Labute approximate surface area is 95.7 Å². The molecule has 1 unspecified atom stereocenters. The van der Waals surface area contributed by atoms with E-state index in [-0.39, 0.29) is 0 Å². The van der Waals surface area contributed by atoms with E-state index in [4.69, 9.17) is 0 Å². The van der Waals surface area contributed by atoms with Crippen LogP contribution >= 0.6 is 0 Å². The summed E-state index contributed by atoms with van der Waals surface area (Å²) in [5.74, 6) is 0. The predicted molar refractivity (Wildman–Crippen MR) is 71.5 cm³/mol. The molecule has 2 heteroatoms. The van der Waals surface area contributed by atoms with Gasteiger partial charge in [-0.2, -0.15) is 0 Å². The van der Waals surface area contributed by atoms with E-state index in [2.05, 4.69) is 56.0 Å². The van der Waals surface area contributed by atoms with Crippen LogP contribution in [0, 0.1) is 0 Å². The molecular formula is C13H23NSi. The van der Waals surface area contributed by atoms with E-state index in [1.165, 1.54) is 25.3 Å². The van der Waals surface area contributed by atoms with Gasteiger partial charge in [0.1, 0.15) is 0 Å². The number of benzene rings is 1. The molecular weight excluding hydrogens is 198 g/mol.